The van der Waals surface area contributed by atoms with Gasteiger partial charge in [0.25, 0.3) is 5.56 Å². The van der Waals surface area contributed by atoms with Crippen LogP contribution in [-0.4, -0.2) is 34.3 Å². The number of pyridine rings is 1. The van der Waals surface area contributed by atoms with E-state index >= 15 is 0 Å². The lowest BCUT2D eigenvalue weighted by Crippen LogP contribution is -2.12. The summed E-state index contributed by atoms with van der Waals surface area (Å²) in [5, 5.41) is 10.3. The Kier molecular flexibility index (Phi) is 5.05. The van der Waals surface area contributed by atoms with Crippen molar-refractivity contribution in [1.82, 2.24) is 15.0 Å². The number of fused-ring (bicyclic) bond motifs is 1. The molecule has 2 N–H and O–H groups in total. The minimum absolute atomic E-state index is 0.0541. The van der Waals surface area contributed by atoms with E-state index in [9.17, 15) is 14.3 Å². The molecule has 0 amide bonds. The van der Waals surface area contributed by atoms with Crippen molar-refractivity contribution in [1.29, 1.82) is 0 Å². The monoisotopic (exact) mass is 407 g/mol. The number of benzene rings is 2. The summed E-state index contributed by atoms with van der Waals surface area (Å²) < 4.78 is 24.0. The highest BCUT2D eigenvalue weighted by molar-refractivity contribution is 5.81. The first-order valence-electron chi connectivity index (χ1n) is 9.07. The molecule has 8 heteroatoms. The van der Waals surface area contributed by atoms with E-state index in [1.54, 1.807) is 30.5 Å². The molecule has 30 heavy (non-hydrogen) atoms. The van der Waals surface area contributed by atoms with Gasteiger partial charge in [0.1, 0.15) is 17.4 Å². The average molecular weight is 407 g/mol. The summed E-state index contributed by atoms with van der Waals surface area (Å²) in [6.07, 6.45) is 1.93. The minimum Gasteiger partial charge on any atom is -0.507 e. The quantitative estimate of drug-likeness (QED) is 0.526. The zero-order valence-electron chi connectivity index (χ0n) is 16.3. The van der Waals surface area contributed by atoms with Crippen LogP contribution >= 0.6 is 0 Å². The molecule has 0 saturated heterocycles. The second-order valence-electron chi connectivity index (χ2n) is 6.63. The number of phenolic OH excluding ortho intramolecular Hbond substituents is 1. The molecule has 2 aromatic heterocycles. The molecule has 0 atom stereocenters. The van der Waals surface area contributed by atoms with Crippen LogP contribution in [0.5, 0.6) is 17.2 Å². The lowest BCUT2D eigenvalue weighted by atomic mass is 10.1. The van der Waals surface area contributed by atoms with E-state index in [1.807, 2.05) is 0 Å². The average Bonchev–Trinajstić information content (AvgIpc) is 2.75. The molecular weight excluding hydrogens is 389 g/mol. The maximum Gasteiger partial charge on any atom is 0.258 e. The Hall–Kier alpha value is -3.94. The first kappa shape index (κ1) is 19.4. The SMILES string of the molecule is COc1cc2nc(Cc3ccc(-c4cc(F)ccc4O)nc3)[nH]c(=O)c2cc1OC. The molecule has 0 fully saturated rings. The molecule has 0 aliphatic carbocycles. The lowest BCUT2D eigenvalue weighted by molar-refractivity contribution is 0.355. The molecule has 0 saturated carbocycles. The van der Waals surface area contributed by atoms with Crippen LogP contribution < -0.4 is 15.0 Å². The van der Waals surface area contributed by atoms with Crippen molar-refractivity contribution < 1.29 is 19.0 Å². The van der Waals surface area contributed by atoms with E-state index in [0.29, 0.717) is 45.9 Å². The Labute approximate surface area is 170 Å². The predicted molar refractivity (Wildman–Crippen MR) is 110 cm³/mol. The van der Waals surface area contributed by atoms with Gasteiger partial charge >= 0.3 is 0 Å². The molecule has 0 unspecified atom stereocenters. The van der Waals surface area contributed by atoms with Crippen LogP contribution in [0.1, 0.15) is 11.4 Å². The highest BCUT2D eigenvalue weighted by atomic mass is 19.1. The Bertz CT molecular complexity index is 1290. The maximum absolute atomic E-state index is 13.5. The van der Waals surface area contributed by atoms with Gasteiger partial charge in [0, 0.05) is 24.2 Å². The van der Waals surface area contributed by atoms with Gasteiger partial charge in [-0.05, 0) is 35.9 Å². The van der Waals surface area contributed by atoms with Gasteiger partial charge in [0.05, 0.1) is 30.8 Å². The topological polar surface area (TPSA) is 97.3 Å². The Morgan fingerprint density at radius 1 is 1.07 bits per heavy atom. The summed E-state index contributed by atoms with van der Waals surface area (Å²) in [6, 6.07) is 10.4. The van der Waals surface area contributed by atoms with E-state index in [2.05, 4.69) is 15.0 Å². The van der Waals surface area contributed by atoms with E-state index in [0.717, 1.165) is 5.56 Å². The number of aromatic amines is 1. The van der Waals surface area contributed by atoms with Crippen molar-refractivity contribution in [3.05, 3.63) is 76.2 Å². The zero-order chi connectivity index (χ0) is 21.3. The summed E-state index contributed by atoms with van der Waals surface area (Å²) in [5.74, 6) is 0.878. The smallest absolute Gasteiger partial charge is 0.258 e. The van der Waals surface area contributed by atoms with Gasteiger partial charge in [-0.3, -0.25) is 9.78 Å². The van der Waals surface area contributed by atoms with Gasteiger partial charge in [-0.25, -0.2) is 9.37 Å². The van der Waals surface area contributed by atoms with Gasteiger partial charge < -0.3 is 19.6 Å². The number of ether oxygens (including phenoxy) is 2. The molecule has 7 nitrogen and oxygen atoms in total. The number of hydrogen-bond donors (Lipinski definition) is 2. The number of rotatable bonds is 5. The molecule has 0 bridgehead atoms. The van der Waals surface area contributed by atoms with Gasteiger partial charge in [0.15, 0.2) is 11.5 Å². The Morgan fingerprint density at radius 3 is 2.53 bits per heavy atom. The zero-order valence-corrected chi connectivity index (χ0v) is 16.3. The van der Waals surface area contributed by atoms with Crippen LogP contribution in [0.4, 0.5) is 4.39 Å². The number of nitrogens with zero attached hydrogens (tertiary/aromatic N) is 2. The summed E-state index contributed by atoms with van der Waals surface area (Å²) >= 11 is 0. The van der Waals surface area contributed by atoms with Crippen molar-refractivity contribution in [2.45, 2.75) is 6.42 Å². The number of halogens is 1. The van der Waals surface area contributed by atoms with Crippen molar-refractivity contribution >= 4 is 10.9 Å². The molecule has 0 aliphatic rings. The van der Waals surface area contributed by atoms with Crippen LogP contribution in [0.25, 0.3) is 22.2 Å². The summed E-state index contributed by atoms with van der Waals surface area (Å²) in [7, 11) is 3.02. The number of H-pyrrole nitrogens is 1. The molecule has 2 aromatic carbocycles. The van der Waals surface area contributed by atoms with Crippen LogP contribution in [0.15, 0.2) is 53.5 Å². The van der Waals surface area contributed by atoms with Crippen molar-refractivity contribution in [2.75, 3.05) is 14.2 Å². The van der Waals surface area contributed by atoms with Crippen LogP contribution in [0.3, 0.4) is 0 Å². The van der Waals surface area contributed by atoms with Crippen molar-refractivity contribution in [2.24, 2.45) is 0 Å². The summed E-state index contributed by atoms with van der Waals surface area (Å²) in [4.78, 5) is 24.1. The third-order valence-corrected chi connectivity index (χ3v) is 4.69. The van der Waals surface area contributed by atoms with E-state index in [4.69, 9.17) is 9.47 Å². The third-order valence-electron chi connectivity index (χ3n) is 4.69. The van der Waals surface area contributed by atoms with E-state index in [-0.39, 0.29) is 11.3 Å². The van der Waals surface area contributed by atoms with E-state index < -0.39 is 5.82 Å². The molecule has 0 spiro atoms. The Morgan fingerprint density at radius 2 is 1.83 bits per heavy atom. The second-order valence-corrected chi connectivity index (χ2v) is 6.63. The van der Waals surface area contributed by atoms with Crippen molar-refractivity contribution in [3.8, 4) is 28.5 Å². The number of methoxy groups -OCH3 is 2. The lowest BCUT2D eigenvalue weighted by Gasteiger charge is -2.09. The molecular formula is C22H18FN3O4. The van der Waals surface area contributed by atoms with E-state index in [1.165, 1.54) is 32.4 Å². The van der Waals surface area contributed by atoms with Crippen LogP contribution in [0, 0.1) is 5.82 Å². The number of nitrogens with one attached hydrogen (secondary N) is 1. The van der Waals surface area contributed by atoms with Crippen LogP contribution in [-0.2, 0) is 6.42 Å². The second kappa shape index (κ2) is 7.82. The first-order valence-corrected chi connectivity index (χ1v) is 9.07. The first-order chi connectivity index (χ1) is 14.5. The minimum atomic E-state index is -0.460. The molecule has 2 heterocycles. The standard InChI is InChI=1S/C22H18FN3O4/c1-29-19-9-15-17(10-20(19)30-2)25-21(26-22(15)28)7-12-3-5-16(24-11-12)14-8-13(23)4-6-18(14)27/h3-6,8-11,27H,7H2,1-2H3,(H,25,26,28). The summed E-state index contributed by atoms with van der Waals surface area (Å²) in [5.41, 5.74) is 1.73. The van der Waals surface area contributed by atoms with Crippen molar-refractivity contribution in [3.63, 3.8) is 0 Å². The van der Waals surface area contributed by atoms with Gasteiger partial charge in [-0.15, -0.1) is 0 Å². The number of aromatic nitrogens is 3. The highest BCUT2D eigenvalue weighted by Crippen LogP contribution is 2.30. The number of aromatic hydroxyl groups is 1. The fraction of sp³-hybridized carbons (Fsp3) is 0.136. The molecule has 4 aromatic rings. The Balaban J connectivity index is 1.65. The maximum atomic E-state index is 13.5. The number of hydrogen-bond acceptors (Lipinski definition) is 6. The van der Waals surface area contributed by atoms with Gasteiger partial charge in [0.2, 0.25) is 0 Å². The molecule has 0 radical (unpaired) electrons. The van der Waals surface area contributed by atoms with Crippen LogP contribution in [0.2, 0.25) is 0 Å². The third kappa shape index (κ3) is 3.67. The number of phenols is 1. The summed E-state index contributed by atoms with van der Waals surface area (Å²) in [6.45, 7) is 0. The normalized spacial score (nSPS) is 10.9. The molecule has 0 aliphatic heterocycles. The fourth-order valence-corrected chi connectivity index (χ4v) is 3.19. The molecule has 4 rings (SSSR count). The fourth-order valence-electron chi connectivity index (χ4n) is 3.19. The highest BCUT2D eigenvalue weighted by Gasteiger charge is 2.12. The van der Waals surface area contributed by atoms with Gasteiger partial charge in [-0.2, -0.15) is 0 Å². The predicted octanol–water partition coefficient (Wildman–Crippen LogP) is 3.44. The largest absolute Gasteiger partial charge is 0.507 e. The molecule has 152 valence electrons. The van der Waals surface area contributed by atoms with Gasteiger partial charge in [-0.1, -0.05) is 6.07 Å².